The Labute approximate surface area is 346 Å². The van der Waals surface area contributed by atoms with Gasteiger partial charge in [0.15, 0.2) is 0 Å². The summed E-state index contributed by atoms with van der Waals surface area (Å²) in [6, 6.07) is 0. The van der Waals surface area contributed by atoms with Gasteiger partial charge in [0.2, 0.25) is 0 Å². The molecule has 0 aromatic heterocycles. The highest BCUT2D eigenvalue weighted by molar-refractivity contribution is 5.72. The molecule has 0 aliphatic carbocycles. The molecule has 2 aliphatic rings. The van der Waals surface area contributed by atoms with Gasteiger partial charge in [-0.1, -0.05) is 168 Å². The molecule has 0 spiro atoms. The Morgan fingerprint density at radius 3 is 1.39 bits per heavy atom. The third-order valence-corrected chi connectivity index (χ3v) is 12.7. The molecule has 7 nitrogen and oxygen atoms in total. The molecule has 2 saturated heterocycles. The zero-order valence-electron chi connectivity index (χ0n) is 37.1. The fourth-order valence-corrected chi connectivity index (χ4v) is 8.95. The van der Waals surface area contributed by atoms with Crippen LogP contribution in [0.5, 0.6) is 0 Å². The lowest BCUT2D eigenvalue weighted by atomic mass is 9.90. The van der Waals surface area contributed by atoms with E-state index in [2.05, 4.69) is 18.7 Å². The van der Waals surface area contributed by atoms with Crippen LogP contribution in [0.3, 0.4) is 0 Å². The minimum absolute atomic E-state index is 0.0201. The summed E-state index contributed by atoms with van der Waals surface area (Å²) in [6.07, 6.45) is 39.2. The lowest BCUT2D eigenvalue weighted by molar-refractivity contribution is -0.149. The van der Waals surface area contributed by atoms with E-state index in [4.69, 9.17) is 14.2 Å². The van der Waals surface area contributed by atoms with E-state index in [9.17, 15) is 14.4 Å². The maximum absolute atomic E-state index is 13.2. The van der Waals surface area contributed by atoms with Gasteiger partial charge >= 0.3 is 17.9 Å². The summed E-state index contributed by atoms with van der Waals surface area (Å²) in [5.41, 5.74) is 0. The van der Waals surface area contributed by atoms with Gasteiger partial charge < -0.3 is 19.1 Å². The first-order valence-corrected chi connectivity index (χ1v) is 24.7. The number of hydrogen-bond acceptors (Lipinski definition) is 7. The predicted octanol–water partition coefficient (Wildman–Crippen LogP) is 13.5. The topological polar surface area (TPSA) is 82.1 Å². The smallest absolute Gasteiger partial charge is 0.308 e. The first kappa shape index (κ1) is 50.5. The average Bonchev–Trinajstić information content (AvgIpc) is 3.72. The summed E-state index contributed by atoms with van der Waals surface area (Å²) in [5, 5.41) is 0. The van der Waals surface area contributed by atoms with Crippen LogP contribution in [0.4, 0.5) is 0 Å². The van der Waals surface area contributed by atoms with E-state index in [1.807, 2.05) is 0 Å². The SMILES string of the molecule is CCCCC1CCCCCCC(CCCC)CCOC(=O)CCCCCCCCCC(C(=O)OCCCN2CCCC2)CCCCCCCCCC(=O)OCC1. The van der Waals surface area contributed by atoms with Crippen LogP contribution in [-0.2, 0) is 28.6 Å². The number of unbranched alkanes of at least 4 members (excludes halogenated alkanes) is 2. The Bertz CT molecular complexity index is 880. The van der Waals surface area contributed by atoms with Crippen molar-refractivity contribution in [1.82, 2.24) is 4.90 Å². The molecule has 0 bridgehead atoms. The van der Waals surface area contributed by atoms with Crippen LogP contribution in [-0.4, -0.2) is 62.3 Å². The normalized spacial score (nSPS) is 24.9. The summed E-state index contributed by atoms with van der Waals surface area (Å²) in [4.78, 5) is 40.6. The van der Waals surface area contributed by atoms with Gasteiger partial charge in [-0.15, -0.1) is 0 Å². The highest BCUT2D eigenvalue weighted by atomic mass is 16.5. The number of carbonyl (C=O) groups is 3. The van der Waals surface area contributed by atoms with Crippen LogP contribution < -0.4 is 0 Å². The molecule has 0 amide bonds. The predicted molar refractivity (Wildman–Crippen MR) is 233 cm³/mol. The Hall–Kier alpha value is -1.63. The van der Waals surface area contributed by atoms with Crippen molar-refractivity contribution < 1.29 is 28.6 Å². The summed E-state index contributed by atoms with van der Waals surface area (Å²) in [5.74, 6) is 1.33. The number of nitrogens with zero attached hydrogens (tertiary/aromatic N) is 1. The van der Waals surface area contributed by atoms with E-state index in [0.717, 1.165) is 90.0 Å². The van der Waals surface area contributed by atoms with Crippen molar-refractivity contribution in [2.45, 2.75) is 239 Å². The van der Waals surface area contributed by atoms with E-state index < -0.39 is 0 Å². The van der Waals surface area contributed by atoms with Gasteiger partial charge in [-0.3, -0.25) is 14.4 Å². The molecule has 2 unspecified atom stereocenters. The number of ether oxygens (including phenoxy) is 3. The van der Waals surface area contributed by atoms with Crippen LogP contribution >= 0.6 is 0 Å². The van der Waals surface area contributed by atoms with Crippen LogP contribution in [0.1, 0.15) is 239 Å². The molecule has 2 heterocycles. The third-order valence-electron chi connectivity index (χ3n) is 12.7. The van der Waals surface area contributed by atoms with Crippen molar-refractivity contribution in [1.29, 1.82) is 0 Å². The van der Waals surface area contributed by atoms with Crippen molar-refractivity contribution in [2.24, 2.45) is 17.8 Å². The second-order valence-electron chi connectivity index (χ2n) is 17.8. The second kappa shape index (κ2) is 36.4. The number of carbonyl (C=O) groups excluding carboxylic acids is 3. The standard InChI is InChI=1S/C49H91NO6/c1-3-5-28-44-30-19-17-18-20-31-45(29-6-4-2)37-43-55-48(52)35-24-16-12-8-10-14-22-33-46(49(53)56-41-27-40-50-38-25-26-39-50)32-21-13-9-7-11-15-23-34-47(51)54-42-36-44/h44-46H,3-43H2,1-2H3. The number of likely N-dealkylation sites (tertiary alicyclic amines) is 1. The van der Waals surface area contributed by atoms with Crippen molar-refractivity contribution in [3.63, 3.8) is 0 Å². The van der Waals surface area contributed by atoms with Crippen molar-refractivity contribution in [2.75, 3.05) is 39.5 Å². The van der Waals surface area contributed by atoms with Crippen LogP contribution in [0.2, 0.25) is 0 Å². The van der Waals surface area contributed by atoms with Gasteiger partial charge in [-0.2, -0.15) is 0 Å². The molecule has 328 valence electrons. The van der Waals surface area contributed by atoms with Crippen LogP contribution in [0, 0.1) is 17.8 Å². The van der Waals surface area contributed by atoms with Gasteiger partial charge in [0, 0.05) is 19.4 Å². The molecular weight excluding hydrogens is 699 g/mol. The highest BCUT2D eigenvalue weighted by Crippen LogP contribution is 2.25. The minimum Gasteiger partial charge on any atom is -0.466 e. The first-order chi connectivity index (χ1) is 27.5. The third kappa shape index (κ3) is 28.7. The molecule has 56 heavy (non-hydrogen) atoms. The largest absolute Gasteiger partial charge is 0.466 e. The molecule has 2 aliphatic heterocycles. The Kier molecular flexibility index (Phi) is 32.9. The number of hydrogen-bond donors (Lipinski definition) is 0. The quantitative estimate of drug-likeness (QED) is 0.117. The van der Waals surface area contributed by atoms with Crippen molar-refractivity contribution >= 4 is 17.9 Å². The first-order valence-electron chi connectivity index (χ1n) is 24.7. The highest BCUT2D eigenvalue weighted by Gasteiger charge is 2.20. The average molecular weight is 790 g/mol. The summed E-state index contributed by atoms with van der Waals surface area (Å²) in [6.45, 7) is 9.65. The number of rotatable bonds is 11. The fourth-order valence-electron chi connectivity index (χ4n) is 8.95. The molecule has 0 N–H and O–H groups in total. The number of esters is 3. The van der Waals surface area contributed by atoms with Crippen LogP contribution in [0.25, 0.3) is 0 Å². The molecule has 0 aromatic rings. The lowest BCUT2D eigenvalue weighted by Gasteiger charge is -2.18. The van der Waals surface area contributed by atoms with Gasteiger partial charge in [0.1, 0.15) is 0 Å². The summed E-state index contributed by atoms with van der Waals surface area (Å²) >= 11 is 0. The van der Waals surface area contributed by atoms with Crippen LogP contribution in [0.15, 0.2) is 0 Å². The Balaban J connectivity index is 1.81. The van der Waals surface area contributed by atoms with Gasteiger partial charge in [-0.25, -0.2) is 0 Å². The van der Waals surface area contributed by atoms with Crippen molar-refractivity contribution in [3.05, 3.63) is 0 Å². The Morgan fingerprint density at radius 1 is 0.536 bits per heavy atom. The lowest BCUT2D eigenvalue weighted by Crippen LogP contribution is -2.23. The molecule has 2 atom stereocenters. The fraction of sp³-hybridized carbons (Fsp3) is 0.939. The Morgan fingerprint density at radius 2 is 0.946 bits per heavy atom. The molecule has 2 rings (SSSR count). The van der Waals surface area contributed by atoms with Gasteiger partial charge in [-0.05, 0) is 82.7 Å². The summed E-state index contributed by atoms with van der Waals surface area (Å²) in [7, 11) is 0. The monoisotopic (exact) mass is 790 g/mol. The molecular formula is C49H91NO6. The zero-order valence-corrected chi connectivity index (χ0v) is 37.1. The maximum Gasteiger partial charge on any atom is 0.308 e. The van der Waals surface area contributed by atoms with E-state index >= 15 is 0 Å². The molecule has 0 radical (unpaired) electrons. The van der Waals surface area contributed by atoms with E-state index in [1.54, 1.807) is 0 Å². The maximum atomic E-state index is 13.2. The number of cyclic esters (lactones) is 2. The van der Waals surface area contributed by atoms with E-state index in [1.165, 1.54) is 142 Å². The molecule has 0 aromatic carbocycles. The van der Waals surface area contributed by atoms with Gasteiger partial charge in [0.25, 0.3) is 0 Å². The van der Waals surface area contributed by atoms with E-state index in [-0.39, 0.29) is 23.8 Å². The molecule has 7 heteroatoms. The zero-order chi connectivity index (χ0) is 40.2. The van der Waals surface area contributed by atoms with Crippen molar-refractivity contribution in [3.8, 4) is 0 Å². The molecule has 0 saturated carbocycles. The van der Waals surface area contributed by atoms with E-state index in [0.29, 0.717) is 44.5 Å². The molecule has 2 fully saturated rings. The second-order valence-corrected chi connectivity index (χ2v) is 17.8. The minimum atomic E-state index is -0.0201. The summed E-state index contributed by atoms with van der Waals surface area (Å²) < 4.78 is 17.2. The van der Waals surface area contributed by atoms with Gasteiger partial charge in [0.05, 0.1) is 25.7 Å².